The Morgan fingerprint density at radius 3 is 2.63 bits per heavy atom. The number of aryl methyl sites for hydroxylation is 1. The van der Waals surface area contributed by atoms with Crippen molar-refractivity contribution in [3.63, 3.8) is 0 Å². The van der Waals surface area contributed by atoms with Crippen LogP contribution < -0.4 is 10.9 Å². The van der Waals surface area contributed by atoms with E-state index in [2.05, 4.69) is 20.3 Å². The average Bonchev–Trinajstić information content (AvgIpc) is 2.34. The maximum absolute atomic E-state index is 11.9. The van der Waals surface area contributed by atoms with Gasteiger partial charge < -0.3 is 15.2 Å². The molecule has 1 rings (SSSR count). The highest BCUT2D eigenvalue weighted by Gasteiger charge is 2.20. The molecule has 0 bridgehead atoms. The maximum Gasteiger partial charge on any atom is 0.334 e. The van der Waals surface area contributed by atoms with Gasteiger partial charge >= 0.3 is 5.97 Å². The molecule has 0 fully saturated rings. The van der Waals surface area contributed by atoms with Crippen molar-refractivity contribution < 1.29 is 19.4 Å². The van der Waals surface area contributed by atoms with Crippen LogP contribution in [0.2, 0.25) is 0 Å². The topological polar surface area (TPSA) is 121 Å². The Morgan fingerprint density at radius 2 is 2.11 bits per heavy atom. The van der Waals surface area contributed by atoms with Crippen LogP contribution in [-0.4, -0.2) is 46.9 Å². The summed E-state index contributed by atoms with van der Waals surface area (Å²) in [7, 11) is 1.22. The SMILES string of the molecule is COC(CNC(=O)c1c(C)c(C)n[nH]c1=O)C(=O)O. The highest BCUT2D eigenvalue weighted by Crippen LogP contribution is 2.04. The van der Waals surface area contributed by atoms with E-state index < -0.39 is 23.5 Å². The number of hydrogen-bond donors (Lipinski definition) is 3. The van der Waals surface area contributed by atoms with Gasteiger partial charge in [0, 0.05) is 7.11 Å². The van der Waals surface area contributed by atoms with Crippen molar-refractivity contribution in [3.8, 4) is 0 Å². The highest BCUT2D eigenvalue weighted by atomic mass is 16.5. The lowest BCUT2D eigenvalue weighted by Crippen LogP contribution is -2.40. The van der Waals surface area contributed by atoms with Crippen LogP contribution in [0.15, 0.2) is 4.79 Å². The van der Waals surface area contributed by atoms with Gasteiger partial charge in [0.05, 0.1) is 12.2 Å². The lowest BCUT2D eigenvalue weighted by Gasteiger charge is -2.12. The first-order chi connectivity index (χ1) is 8.88. The van der Waals surface area contributed by atoms with E-state index in [0.717, 1.165) is 0 Å². The number of carboxylic acid groups (broad SMARTS) is 1. The van der Waals surface area contributed by atoms with Crippen LogP contribution in [0.4, 0.5) is 0 Å². The second-order valence-corrected chi connectivity index (χ2v) is 3.91. The van der Waals surface area contributed by atoms with Crippen molar-refractivity contribution in [2.45, 2.75) is 20.0 Å². The molecule has 3 N–H and O–H groups in total. The molecule has 0 radical (unpaired) electrons. The molecule has 0 aliphatic carbocycles. The van der Waals surface area contributed by atoms with Gasteiger partial charge in [0.2, 0.25) is 0 Å². The number of nitrogens with one attached hydrogen (secondary N) is 2. The van der Waals surface area contributed by atoms with Crippen molar-refractivity contribution in [1.29, 1.82) is 0 Å². The maximum atomic E-state index is 11.9. The molecule has 8 nitrogen and oxygen atoms in total. The first-order valence-electron chi connectivity index (χ1n) is 5.48. The van der Waals surface area contributed by atoms with E-state index >= 15 is 0 Å². The molecule has 0 aliphatic rings. The summed E-state index contributed by atoms with van der Waals surface area (Å²) in [4.78, 5) is 34.1. The fraction of sp³-hybridized carbons (Fsp3) is 0.455. The minimum atomic E-state index is -1.20. The molecule has 0 saturated carbocycles. The van der Waals surface area contributed by atoms with Crippen molar-refractivity contribution in [3.05, 3.63) is 27.2 Å². The van der Waals surface area contributed by atoms with E-state index in [1.54, 1.807) is 13.8 Å². The van der Waals surface area contributed by atoms with Gasteiger partial charge in [-0.1, -0.05) is 0 Å². The molecule has 0 spiro atoms. The molecule has 0 aliphatic heterocycles. The number of aromatic nitrogens is 2. The number of ether oxygens (including phenoxy) is 1. The van der Waals surface area contributed by atoms with Gasteiger partial charge in [-0.15, -0.1) is 0 Å². The third kappa shape index (κ3) is 3.38. The van der Waals surface area contributed by atoms with Gasteiger partial charge in [-0.05, 0) is 19.4 Å². The number of carbonyl (C=O) groups excluding carboxylic acids is 1. The number of aliphatic carboxylic acids is 1. The Labute approximate surface area is 108 Å². The average molecular weight is 269 g/mol. The standard InChI is InChI=1S/C11H15N3O5/c1-5-6(2)13-14-10(16)8(5)9(15)12-4-7(19-3)11(17)18/h7H,4H2,1-3H3,(H,12,15)(H,14,16)(H,17,18). The molecule has 1 aromatic heterocycles. The number of aromatic amines is 1. The Hall–Kier alpha value is -2.22. The zero-order valence-corrected chi connectivity index (χ0v) is 10.8. The molecule has 1 aromatic rings. The largest absolute Gasteiger partial charge is 0.479 e. The Bertz CT molecular complexity index is 552. The molecule has 8 heteroatoms. The van der Waals surface area contributed by atoms with Crippen LogP contribution in [-0.2, 0) is 9.53 Å². The molecule has 1 amide bonds. The zero-order chi connectivity index (χ0) is 14.6. The summed E-state index contributed by atoms with van der Waals surface area (Å²) in [5.41, 5.74) is 0.273. The van der Waals surface area contributed by atoms with Crippen molar-refractivity contribution in [2.75, 3.05) is 13.7 Å². The van der Waals surface area contributed by atoms with Gasteiger partial charge in [-0.25, -0.2) is 9.89 Å². The van der Waals surface area contributed by atoms with Crippen molar-refractivity contribution in [2.24, 2.45) is 0 Å². The molecule has 19 heavy (non-hydrogen) atoms. The number of methoxy groups -OCH3 is 1. The van der Waals surface area contributed by atoms with E-state index in [1.165, 1.54) is 7.11 Å². The third-order valence-corrected chi connectivity index (χ3v) is 2.70. The van der Waals surface area contributed by atoms with E-state index in [4.69, 9.17) is 5.11 Å². The summed E-state index contributed by atoms with van der Waals surface area (Å²) >= 11 is 0. The predicted octanol–water partition coefficient (Wildman–Crippen LogP) is -0.784. The number of carbonyl (C=O) groups is 2. The molecule has 0 aromatic carbocycles. The molecule has 1 heterocycles. The first kappa shape index (κ1) is 14.8. The number of nitrogens with zero attached hydrogens (tertiary/aromatic N) is 1. The van der Waals surface area contributed by atoms with E-state index in [-0.39, 0.29) is 12.1 Å². The van der Waals surface area contributed by atoms with Gasteiger partial charge in [0.15, 0.2) is 6.10 Å². The quantitative estimate of drug-likeness (QED) is 0.644. The van der Waals surface area contributed by atoms with Crippen molar-refractivity contribution in [1.82, 2.24) is 15.5 Å². The third-order valence-electron chi connectivity index (χ3n) is 2.70. The zero-order valence-electron chi connectivity index (χ0n) is 10.8. The van der Waals surface area contributed by atoms with Gasteiger partial charge in [-0.3, -0.25) is 9.59 Å². The smallest absolute Gasteiger partial charge is 0.334 e. The van der Waals surface area contributed by atoms with Gasteiger partial charge in [-0.2, -0.15) is 5.10 Å². The fourth-order valence-corrected chi connectivity index (χ4v) is 1.44. The van der Waals surface area contributed by atoms with Gasteiger partial charge in [0.25, 0.3) is 11.5 Å². The monoisotopic (exact) mass is 269 g/mol. The lowest BCUT2D eigenvalue weighted by atomic mass is 10.1. The van der Waals surface area contributed by atoms with Crippen molar-refractivity contribution >= 4 is 11.9 Å². The Morgan fingerprint density at radius 1 is 1.47 bits per heavy atom. The van der Waals surface area contributed by atoms with E-state index in [1.807, 2.05) is 0 Å². The number of hydrogen-bond acceptors (Lipinski definition) is 5. The molecular weight excluding hydrogens is 254 g/mol. The molecule has 1 atom stereocenters. The number of H-pyrrole nitrogens is 1. The van der Waals surface area contributed by atoms with Crippen LogP contribution in [0.3, 0.4) is 0 Å². The summed E-state index contributed by atoms with van der Waals surface area (Å²) in [6.07, 6.45) is -1.16. The number of rotatable bonds is 5. The van der Waals surface area contributed by atoms with Crippen LogP contribution in [0.1, 0.15) is 21.6 Å². The van der Waals surface area contributed by atoms with Crippen LogP contribution in [0, 0.1) is 13.8 Å². The summed E-state index contributed by atoms with van der Waals surface area (Å²) in [5, 5.41) is 17.0. The normalized spacial score (nSPS) is 11.9. The molecule has 104 valence electrons. The first-order valence-corrected chi connectivity index (χ1v) is 5.48. The minimum Gasteiger partial charge on any atom is -0.479 e. The predicted molar refractivity (Wildman–Crippen MR) is 65.1 cm³/mol. The Balaban J connectivity index is 2.88. The fourth-order valence-electron chi connectivity index (χ4n) is 1.44. The summed E-state index contributed by atoms with van der Waals surface area (Å²) in [6.45, 7) is 3.01. The molecule has 1 unspecified atom stereocenters. The minimum absolute atomic E-state index is 0.0762. The van der Waals surface area contributed by atoms with Crippen LogP contribution in [0.25, 0.3) is 0 Å². The van der Waals surface area contributed by atoms with E-state index in [9.17, 15) is 14.4 Å². The summed E-state index contributed by atoms with van der Waals surface area (Å²) in [6, 6.07) is 0. The lowest BCUT2D eigenvalue weighted by molar-refractivity contribution is -0.148. The summed E-state index contributed by atoms with van der Waals surface area (Å²) < 4.78 is 4.67. The second-order valence-electron chi connectivity index (χ2n) is 3.91. The van der Waals surface area contributed by atoms with Crippen LogP contribution >= 0.6 is 0 Å². The van der Waals surface area contributed by atoms with E-state index in [0.29, 0.717) is 11.3 Å². The van der Waals surface area contributed by atoms with Crippen LogP contribution in [0.5, 0.6) is 0 Å². The number of amides is 1. The molecular formula is C11H15N3O5. The van der Waals surface area contributed by atoms with Gasteiger partial charge in [0.1, 0.15) is 5.56 Å². The number of carboxylic acids is 1. The summed E-state index contributed by atoms with van der Waals surface area (Å²) in [5.74, 6) is -1.85. The highest BCUT2D eigenvalue weighted by molar-refractivity contribution is 5.95. The Kier molecular flexibility index (Phi) is 4.76. The second kappa shape index (κ2) is 6.10. The molecule has 0 saturated heterocycles.